The maximum atomic E-state index is 13.3. The predicted molar refractivity (Wildman–Crippen MR) is 95.0 cm³/mol. The van der Waals surface area contributed by atoms with Gasteiger partial charge in [0.15, 0.2) is 0 Å². The number of carbonyl (C=O) groups excluding carboxylic acids is 1. The molecule has 1 aromatic carbocycles. The highest BCUT2D eigenvalue weighted by molar-refractivity contribution is 7.99. The second kappa shape index (κ2) is 9.09. The number of hydrogen-bond acceptors (Lipinski definition) is 6. The zero-order valence-corrected chi connectivity index (χ0v) is 15.5. The van der Waals surface area contributed by atoms with E-state index in [0.717, 1.165) is 25.0 Å². The number of halogens is 1. The minimum atomic E-state index is -0.298. The molecule has 2 heterocycles. The number of hydrogen-bond donors (Lipinski definition) is 0. The first-order valence-electron chi connectivity index (χ1n) is 8.68. The summed E-state index contributed by atoms with van der Waals surface area (Å²) in [5.41, 5.74) is 0.772. The summed E-state index contributed by atoms with van der Waals surface area (Å²) >= 11 is 1.31. The van der Waals surface area contributed by atoms with Crippen LogP contribution in [0.3, 0.4) is 0 Å². The lowest BCUT2D eigenvalue weighted by Crippen LogP contribution is -2.31. The molecule has 9 heteroatoms. The molecule has 140 valence electrons. The molecule has 0 N–H and O–H groups in total. The van der Waals surface area contributed by atoms with Gasteiger partial charge in [0.1, 0.15) is 5.82 Å². The Labute approximate surface area is 155 Å². The van der Waals surface area contributed by atoms with Gasteiger partial charge in [-0.2, -0.15) is 0 Å². The van der Waals surface area contributed by atoms with Crippen LogP contribution in [0.15, 0.2) is 29.4 Å². The van der Waals surface area contributed by atoms with Gasteiger partial charge in [-0.05, 0) is 47.9 Å². The lowest BCUT2D eigenvalue weighted by Gasteiger charge is -2.20. The SMILES string of the molecule is CCN(Cc1cccc(F)c1)C(=O)CSc1nnnn1CC1CCCO1. The molecule has 3 rings (SSSR count). The van der Waals surface area contributed by atoms with Crippen molar-refractivity contribution in [3.63, 3.8) is 0 Å². The van der Waals surface area contributed by atoms with E-state index in [0.29, 0.717) is 24.8 Å². The Kier molecular flexibility index (Phi) is 6.56. The number of carbonyl (C=O) groups is 1. The third-order valence-corrected chi connectivity index (χ3v) is 5.16. The van der Waals surface area contributed by atoms with Gasteiger partial charge < -0.3 is 9.64 Å². The molecule has 0 bridgehead atoms. The number of nitrogens with zero attached hydrogens (tertiary/aromatic N) is 5. The minimum absolute atomic E-state index is 0.0339. The Bertz CT molecular complexity index is 735. The Morgan fingerprint density at radius 2 is 2.38 bits per heavy atom. The fourth-order valence-electron chi connectivity index (χ4n) is 2.85. The van der Waals surface area contributed by atoms with Gasteiger partial charge in [0.05, 0.1) is 18.4 Å². The highest BCUT2D eigenvalue weighted by atomic mass is 32.2. The number of benzene rings is 1. The molecule has 0 aliphatic carbocycles. The smallest absolute Gasteiger partial charge is 0.233 e. The number of amides is 1. The van der Waals surface area contributed by atoms with Crippen molar-refractivity contribution in [2.75, 3.05) is 18.9 Å². The van der Waals surface area contributed by atoms with E-state index in [4.69, 9.17) is 4.74 Å². The van der Waals surface area contributed by atoms with Crippen LogP contribution >= 0.6 is 11.8 Å². The summed E-state index contributed by atoms with van der Waals surface area (Å²) in [5, 5.41) is 12.3. The van der Waals surface area contributed by atoms with E-state index < -0.39 is 0 Å². The highest BCUT2D eigenvalue weighted by Crippen LogP contribution is 2.19. The van der Waals surface area contributed by atoms with Crippen molar-refractivity contribution in [1.82, 2.24) is 25.1 Å². The Morgan fingerprint density at radius 1 is 1.50 bits per heavy atom. The van der Waals surface area contributed by atoms with E-state index in [1.807, 2.05) is 13.0 Å². The number of tetrazole rings is 1. The van der Waals surface area contributed by atoms with Crippen molar-refractivity contribution in [2.24, 2.45) is 0 Å². The third-order valence-electron chi connectivity index (χ3n) is 4.22. The van der Waals surface area contributed by atoms with Gasteiger partial charge in [0.25, 0.3) is 0 Å². The summed E-state index contributed by atoms with van der Waals surface area (Å²) in [6, 6.07) is 6.31. The van der Waals surface area contributed by atoms with Crippen LogP contribution in [0.5, 0.6) is 0 Å². The monoisotopic (exact) mass is 379 g/mol. The molecule has 1 saturated heterocycles. The van der Waals surface area contributed by atoms with Crippen molar-refractivity contribution in [3.05, 3.63) is 35.6 Å². The maximum absolute atomic E-state index is 13.3. The number of rotatable bonds is 8. The van der Waals surface area contributed by atoms with Crippen molar-refractivity contribution in [1.29, 1.82) is 0 Å². The molecule has 0 radical (unpaired) electrons. The molecule has 2 aromatic rings. The molecule has 1 aliphatic heterocycles. The first kappa shape index (κ1) is 18.8. The van der Waals surface area contributed by atoms with Gasteiger partial charge in [-0.25, -0.2) is 9.07 Å². The van der Waals surface area contributed by atoms with E-state index in [2.05, 4.69) is 15.5 Å². The minimum Gasteiger partial charge on any atom is -0.376 e. The second-order valence-corrected chi connectivity index (χ2v) is 7.05. The van der Waals surface area contributed by atoms with Gasteiger partial charge in [-0.3, -0.25) is 4.79 Å². The first-order valence-corrected chi connectivity index (χ1v) is 9.67. The number of aromatic nitrogens is 4. The molecule has 7 nitrogen and oxygen atoms in total. The van der Waals surface area contributed by atoms with Gasteiger partial charge in [-0.1, -0.05) is 23.9 Å². The third kappa shape index (κ3) is 5.01. The molecule has 1 fully saturated rings. The fraction of sp³-hybridized carbons (Fsp3) is 0.529. The average Bonchev–Trinajstić information content (AvgIpc) is 3.30. The molecule has 1 aromatic heterocycles. The van der Waals surface area contributed by atoms with E-state index in [9.17, 15) is 9.18 Å². The lowest BCUT2D eigenvalue weighted by atomic mass is 10.2. The standard InChI is InChI=1S/C17H22FN5O2S/c1-2-22(10-13-5-3-6-14(18)9-13)16(24)12-26-17-19-20-21-23(17)11-15-7-4-8-25-15/h3,5-6,9,15H,2,4,7-8,10-12H2,1H3. The summed E-state index contributed by atoms with van der Waals surface area (Å²) in [6.07, 6.45) is 2.19. The van der Waals surface area contributed by atoms with E-state index >= 15 is 0 Å². The van der Waals surface area contributed by atoms with Crippen molar-refractivity contribution < 1.29 is 13.9 Å². The van der Waals surface area contributed by atoms with Crippen LogP contribution in [0.1, 0.15) is 25.3 Å². The van der Waals surface area contributed by atoms with Crippen molar-refractivity contribution in [2.45, 2.75) is 44.1 Å². The molecule has 0 spiro atoms. The van der Waals surface area contributed by atoms with Crippen LogP contribution in [0, 0.1) is 5.82 Å². The largest absolute Gasteiger partial charge is 0.376 e. The first-order chi connectivity index (χ1) is 12.7. The Hall–Kier alpha value is -2.00. The zero-order chi connectivity index (χ0) is 18.4. The van der Waals surface area contributed by atoms with E-state index in [-0.39, 0.29) is 23.6 Å². The number of thioether (sulfide) groups is 1. The van der Waals surface area contributed by atoms with Crippen molar-refractivity contribution >= 4 is 17.7 Å². The summed E-state index contributed by atoms with van der Waals surface area (Å²) in [7, 11) is 0. The Morgan fingerprint density at radius 3 is 3.12 bits per heavy atom. The topological polar surface area (TPSA) is 73.1 Å². The fourth-order valence-corrected chi connectivity index (χ4v) is 3.63. The van der Waals surface area contributed by atoms with Crippen LogP contribution in [0.4, 0.5) is 4.39 Å². The van der Waals surface area contributed by atoms with Crippen LogP contribution in [0.2, 0.25) is 0 Å². The zero-order valence-electron chi connectivity index (χ0n) is 14.7. The second-order valence-electron chi connectivity index (χ2n) is 6.11. The van der Waals surface area contributed by atoms with Crippen molar-refractivity contribution in [3.8, 4) is 0 Å². The van der Waals surface area contributed by atoms with Gasteiger partial charge >= 0.3 is 0 Å². The molecule has 0 saturated carbocycles. The molecular weight excluding hydrogens is 357 g/mol. The molecular formula is C17H22FN5O2S. The molecule has 1 aliphatic rings. The quantitative estimate of drug-likeness (QED) is 0.654. The number of ether oxygens (including phenoxy) is 1. The summed E-state index contributed by atoms with van der Waals surface area (Å²) in [5.74, 6) is -0.100. The predicted octanol–water partition coefficient (Wildman–Crippen LogP) is 2.13. The summed E-state index contributed by atoms with van der Waals surface area (Å²) in [4.78, 5) is 14.2. The molecule has 1 atom stereocenters. The van der Waals surface area contributed by atoms with E-state index in [1.54, 1.807) is 15.6 Å². The summed E-state index contributed by atoms with van der Waals surface area (Å²) in [6.45, 7) is 4.22. The van der Waals surface area contributed by atoms with Gasteiger partial charge in [-0.15, -0.1) is 5.10 Å². The molecule has 1 unspecified atom stereocenters. The van der Waals surface area contributed by atoms with Crippen LogP contribution in [0.25, 0.3) is 0 Å². The maximum Gasteiger partial charge on any atom is 0.233 e. The molecule has 26 heavy (non-hydrogen) atoms. The average molecular weight is 379 g/mol. The van der Waals surface area contributed by atoms with Gasteiger partial charge in [0.2, 0.25) is 11.1 Å². The van der Waals surface area contributed by atoms with Gasteiger partial charge in [0, 0.05) is 19.7 Å². The molecule has 1 amide bonds. The van der Waals surface area contributed by atoms with Crippen LogP contribution in [-0.2, 0) is 22.6 Å². The van der Waals surface area contributed by atoms with Crippen LogP contribution < -0.4 is 0 Å². The lowest BCUT2D eigenvalue weighted by molar-refractivity contribution is -0.128. The summed E-state index contributed by atoms with van der Waals surface area (Å²) < 4.78 is 20.6. The highest BCUT2D eigenvalue weighted by Gasteiger charge is 2.20. The Balaban J connectivity index is 1.54. The van der Waals surface area contributed by atoms with Crippen LogP contribution in [-0.4, -0.2) is 56.0 Å². The van der Waals surface area contributed by atoms with E-state index in [1.165, 1.54) is 23.9 Å². The normalized spacial score (nSPS) is 16.8.